The van der Waals surface area contributed by atoms with Crippen LogP contribution in [0, 0.1) is 6.07 Å². The van der Waals surface area contributed by atoms with E-state index in [-0.39, 0.29) is 0 Å². The maximum Gasteiger partial charge on any atom is 0.0440 e. The summed E-state index contributed by atoms with van der Waals surface area (Å²) < 4.78 is 2.62. The van der Waals surface area contributed by atoms with Crippen LogP contribution in [-0.4, -0.2) is 4.98 Å². The van der Waals surface area contributed by atoms with Crippen molar-refractivity contribution in [1.82, 2.24) is 4.98 Å². The number of fused-ring (bicyclic) bond motifs is 3. The Morgan fingerprint density at radius 2 is 1.79 bits per heavy atom. The van der Waals surface area contributed by atoms with Crippen molar-refractivity contribution in [2.24, 2.45) is 0 Å². The zero-order valence-electron chi connectivity index (χ0n) is 10.1. The summed E-state index contributed by atoms with van der Waals surface area (Å²) in [6, 6.07) is 20.1. The number of hydrogen-bond donors (Lipinski definition) is 0. The largest absolute Gasteiger partial charge is 0.265 e. The van der Waals surface area contributed by atoms with Gasteiger partial charge in [-0.15, -0.1) is 11.3 Å². The van der Waals surface area contributed by atoms with Gasteiger partial charge in [-0.25, -0.2) is 0 Å². The molecule has 89 valence electrons. The summed E-state index contributed by atoms with van der Waals surface area (Å²) in [6.45, 7) is 0. The predicted octanol–water partition coefficient (Wildman–Crippen LogP) is 4.92. The van der Waals surface area contributed by atoms with E-state index in [0.717, 1.165) is 0 Å². The topological polar surface area (TPSA) is 12.9 Å². The number of aromatic nitrogens is 1. The average Bonchev–Trinajstić information content (AvgIpc) is 2.87. The fourth-order valence-corrected chi connectivity index (χ4v) is 3.63. The first-order chi connectivity index (χ1) is 9.43. The van der Waals surface area contributed by atoms with E-state index in [1.54, 1.807) is 0 Å². The van der Waals surface area contributed by atoms with Gasteiger partial charge in [0.05, 0.1) is 0 Å². The van der Waals surface area contributed by atoms with Gasteiger partial charge in [0.2, 0.25) is 0 Å². The minimum Gasteiger partial charge on any atom is -0.265 e. The van der Waals surface area contributed by atoms with E-state index in [2.05, 4.69) is 53.5 Å². The molecule has 0 aliphatic heterocycles. The normalized spacial score (nSPS) is 11.2. The Hall–Kier alpha value is -2.19. The lowest BCUT2D eigenvalue weighted by Gasteiger charge is -2.02. The molecule has 0 saturated heterocycles. The first-order valence-corrected chi connectivity index (χ1v) is 6.97. The third-order valence-corrected chi connectivity index (χ3v) is 4.51. The van der Waals surface area contributed by atoms with Crippen LogP contribution in [0.15, 0.2) is 60.9 Å². The van der Waals surface area contributed by atoms with E-state index >= 15 is 0 Å². The molecule has 0 bridgehead atoms. The van der Waals surface area contributed by atoms with Gasteiger partial charge in [-0.1, -0.05) is 30.3 Å². The highest BCUT2D eigenvalue weighted by Crippen LogP contribution is 2.39. The van der Waals surface area contributed by atoms with Gasteiger partial charge in [-0.2, -0.15) is 0 Å². The molecule has 0 fully saturated rings. The average molecular weight is 260 g/mol. The summed E-state index contributed by atoms with van der Waals surface area (Å²) >= 11 is 1.83. The molecule has 2 heteroatoms. The van der Waals surface area contributed by atoms with Crippen LogP contribution in [-0.2, 0) is 0 Å². The molecule has 0 saturated carbocycles. The van der Waals surface area contributed by atoms with E-state index in [0.29, 0.717) is 0 Å². The molecular formula is C17H10NS. The molecule has 0 atom stereocenters. The van der Waals surface area contributed by atoms with Crippen LogP contribution in [0.5, 0.6) is 0 Å². The van der Waals surface area contributed by atoms with E-state index in [9.17, 15) is 0 Å². The second-order valence-electron chi connectivity index (χ2n) is 4.43. The van der Waals surface area contributed by atoms with Gasteiger partial charge < -0.3 is 0 Å². The van der Waals surface area contributed by atoms with Crippen LogP contribution < -0.4 is 0 Å². The van der Waals surface area contributed by atoms with E-state index in [1.165, 1.54) is 31.3 Å². The Kier molecular flexibility index (Phi) is 2.35. The first-order valence-electron chi connectivity index (χ1n) is 6.16. The van der Waals surface area contributed by atoms with Crippen molar-refractivity contribution in [2.75, 3.05) is 0 Å². The molecule has 4 aromatic rings. The molecule has 1 radical (unpaired) electrons. The second kappa shape index (κ2) is 4.18. The lowest BCUT2D eigenvalue weighted by atomic mass is 10.0. The van der Waals surface area contributed by atoms with Crippen LogP contribution >= 0.6 is 11.3 Å². The van der Waals surface area contributed by atoms with Crippen molar-refractivity contribution >= 4 is 31.5 Å². The summed E-state index contributed by atoms with van der Waals surface area (Å²) in [7, 11) is 0. The molecule has 0 unspecified atom stereocenters. The molecule has 0 N–H and O–H groups in total. The summed E-state index contributed by atoms with van der Waals surface area (Å²) in [4.78, 5) is 4.09. The highest BCUT2D eigenvalue weighted by molar-refractivity contribution is 7.26. The summed E-state index contributed by atoms with van der Waals surface area (Å²) in [5, 5.41) is 2.51. The fourth-order valence-electron chi connectivity index (χ4n) is 2.42. The minimum atomic E-state index is 1.21. The van der Waals surface area contributed by atoms with Crippen LogP contribution in [0.4, 0.5) is 0 Å². The monoisotopic (exact) mass is 260 g/mol. The Morgan fingerprint density at radius 3 is 2.68 bits per heavy atom. The van der Waals surface area contributed by atoms with Crippen molar-refractivity contribution in [3.63, 3.8) is 0 Å². The smallest absolute Gasteiger partial charge is 0.0440 e. The van der Waals surface area contributed by atoms with E-state index in [4.69, 9.17) is 0 Å². The molecule has 2 heterocycles. The van der Waals surface area contributed by atoms with Crippen LogP contribution in [0.3, 0.4) is 0 Å². The van der Waals surface area contributed by atoms with Gasteiger partial charge in [-0.3, -0.25) is 4.98 Å². The van der Waals surface area contributed by atoms with E-state index < -0.39 is 0 Å². The van der Waals surface area contributed by atoms with Crippen molar-refractivity contribution in [2.45, 2.75) is 0 Å². The van der Waals surface area contributed by atoms with Gasteiger partial charge in [0.25, 0.3) is 0 Å². The first kappa shape index (κ1) is 10.7. The second-order valence-corrected chi connectivity index (χ2v) is 5.48. The number of hydrogen-bond acceptors (Lipinski definition) is 2. The summed E-state index contributed by atoms with van der Waals surface area (Å²) in [5.74, 6) is 0. The molecule has 4 rings (SSSR count). The zero-order valence-corrected chi connectivity index (χ0v) is 10.9. The van der Waals surface area contributed by atoms with Crippen molar-refractivity contribution in [1.29, 1.82) is 0 Å². The quantitative estimate of drug-likeness (QED) is 0.473. The molecule has 19 heavy (non-hydrogen) atoms. The van der Waals surface area contributed by atoms with Gasteiger partial charge in [0, 0.05) is 32.6 Å². The third-order valence-electron chi connectivity index (χ3n) is 3.31. The maximum atomic E-state index is 4.09. The molecule has 0 aliphatic rings. The number of pyridine rings is 1. The molecule has 0 amide bonds. The molecule has 2 aromatic heterocycles. The Balaban J connectivity index is 2.13. The van der Waals surface area contributed by atoms with Gasteiger partial charge in [0.15, 0.2) is 0 Å². The van der Waals surface area contributed by atoms with Gasteiger partial charge in [-0.05, 0) is 35.4 Å². The highest BCUT2D eigenvalue weighted by Gasteiger charge is 2.09. The van der Waals surface area contributed by atoms with Crippen molar-refractivity contribution < 1.29 is 0 Å². The van der Waals surface area contributed by atoms with E-state index in [1.807, 2.05) is 29.8 Å². The van der Waals surface area contributed by atoms with Gasteiger partial charge in [0.1, 0.15) is 0 Å². The number of nitrogens with zero attached hydrogens (tertiary/aromatic N) is 1. The molecule has 0 spiro atoms. The SMILES string of the molecule is [c]1ccc(-c2ccncc2)c2sc3ccccc3c12. The maximum absolute atomic E-state index is 4.09. The van der Waals surface area contributed by atoms with Crippen LogP contribution in [0.2, 0.25) is 0 Å². The third kappa shape index (κ3) is 1.65. The summed E-state index contributed by atoms with van der Waals surface area (Å²) in [6.07, 6.45) is 3.68. The van der Waals surface area contributed by atoms with Crippen LogP contribution in [0.25, 0.3) is 31.3 Å². The molecular weight excluding hydrogens is 250 g/mol. The summed E-state index contributed by atoms with van der Waals surface area (Å²) in [5.41, 5.74) is 2.47. The zero-order chi connectivity index (χ0) is 12.7. The lowest BCUT2D eigenvalue weighted by Crippen LogP contribution is -1.78. The number of rotatable bonds is 1. The lowest BCUT2D eigenvalue weighted by molar-refractivity contribution is 1.33. The van der Waals surface area contributed by atoms with Gasteiger partial charge >= 0.3 is 0 Å². The molecule has 0 aliphatic carbocycles. The predicted molar refractivity (Wildman–Crippen MR) is 81.4 cm³/mol. The number of thiophene rings is 1. The highest BCUT2D eigenvalue weighted by atomic mass is 32.1. The van der Waals surface area contributed by atoms with Crippen LogP contribution in [0.1, 0.15) is 0 Å². The Bertz CT molecular complexity index is 862. The molecule has 1 nitrogen and oxygen atoms in total. The molecule has 2 aromatic carbocycles. The van der Waals surface area contributed by atoms with Crippen molar-refractivity contribution in [3.05, 3.63) is 67.0 Å². The number of benzene rings is 2. The fraction of sp³-hybridized carbons (Fsp3) is 0. The Morgan fingerprint density at radius 1 is 0.947 bits per heavy atom. The van der Waals surface area contributed by atoms with Crippen molar-refractivity contribution in [3.8, 4) is 11.1 Å². The standard InChI is InChI=1S/C17H10NS/c1-2-7-16-14(4-1)15-6-3-5-13(17(15)19-16)12-8-10-18-11-9-12/h1-5,7-11H. The minimum absolute atomic E-state index is 1.21. The Labute approximate surface area is 115 Å².